The van der Waals surface area contributed by atoms with Crippen molar-refractivity contribution in [1.29, 1.82) is 0 Å². The van der Waals surface area contributed by atoms with Crippen LogP contribution in [0.2, 0.25) is 0 Å². The van der Waals surface area contributed by atoms with E-state index in [4.69, 9.17) is 5.73 Å². The van der Waals surface area contributed by atoms with Gasteiger partial charge in [0.1, 0.15) is 42.2 Å². The number of phenolic OH excluding ortho intramolecular Hbond substituents is 1. The zero-order valence-electron chi connectivity index (χ0n) is 39.6. The van der Waals surface area contributed by atoms with Gasteiger partial charge in [0.2, 0.25) is 41.4 Å². The van der Waals surface area contributed by atoms with Crippen LogP contribution in [-0.2, 0) is 49.6 Å². The summed E-state index contributed by atoms with van der Waals surface area (Å²) in [4.78, 5) is 131. The van der Waals surface area contributed by atoms with Gasteiger partial charge in [-0.05, 0) is 86.2 Å². The standard InChI is InChI=1S/C47H69N9O12/c1-27(2)22-35(55-47(68)41(29(5)6)56-39(60)25-49-42(63)31-12-8-7-9-13-31)46(67)52-33(14-10-11-21-48)44(65)53-34(19-20-40(61)62)45(66)54-36(23-30-15-17-32(58)18-16-30)43(64)50-24-38(59)51-37(26-57)28(3)4/h7-9,12-13,15-18,26-29,33-37,41,58H,10-11,14,19-25,48H2,1-6H3,(H,49,63)(H,50,64)(H,51,59)(H,52,67)(H,53,65)(H,54,66)(H,55,68)(H,56,60)(H,61,62)/t33-,34-,35-,36-,37+,41-/m0/s1. The van der Waals surface area contributed by atoms with Crippen molar-refractivity contribution >= 4 is 59.5 Å². The van der Waals surface area contributed by atoms with Crippen LogP contribution in [-0.4, -0.2) is 126 Å². The lowest BCUT2D eigenvalue weighted by Crippen LogP contribution is -2.60. The number of hydrogen-bond acceptors (Lipinski definition) is 12. The number of hydrogen-bond donors (Lipinski definition) is 11. The van der Waals surface area contributed by atoms with Crippen molar-refractivity contribution in [3.8, 4) is 5.75 Å². The molecule has 0 aliphatic carbocycles. The molecule has 0 unspecified atom stereocenters. The number of benzene rings is 2. The molecular formula is C47H69N9O12. The zero-order chi connectivity index (χ0) is 50.9. The lowest BCUT2D eigenvalue weighted by atomic mass is 9.99. The minimum atomic E-state index is -1.57. The molecule has 68 heavy (non-hydrogen) atoms. The Morgan fingerprint density at radius 3 is 1.69 bits per heavy atom. The molecule has 0 spiro atoms. The van der Waals surface area contributed by atoms with Crippen molar-refractivity contribution in [1.82, 2.24) is 42.5 Å². The summed E-state index contributed by atoms with van der Waals surface area (Å²) in [5, 5.41) is 39.8. The van der Waals surface area contributed by atoms with Crippen LogP contribution in [0.5, 0.6) is 5.75 Å². The molecule has 21 nitrogen and oxygen atoms in total. The van der Waals surface area contributed by atoms with Crippen LogP contribution >= 0.6 is 0 Å². The number of carboxylic acids is 1. The Morgan fingerprint density at radius 2 is 1.15 bits per heavy atom. The van der Waals surface area contributed by atoms with Gasteiger partial charge in [0.05, 0.1) is 19.1 Å². The summed E-state index contributed by atoms with van der Waals surface area (Å²) in [6, 6.07) is 6.46. The van der Waals surface area contributed by atoms with Crippen LogP contribution in [0.3, 0.4) is 0 Å². The largest absolute Gasteiger partial charge is 0.508 e. The molecule has 374 valence electrons. The van der Waals surface area contributed by atoms with Crippen molar-refractivity contribution in [2.75, 3.05) is 19.6 Å². The van der Waals surface area contributed by atoms with E-state index in [0.29, 0.717) is 30.3 Å². The molecule has 0 radical (unpaired) electrons. The fourth-order valence-electron chi connectivity index (χ4n) is 6.65. The molecule has 0 saturated heterocycles. The van der Waals surface area contributed by atoms with Crippen LogP contribution < -0.4 is 48.3 Å². The quantitative estimate of drug-likeness (QED) is 0.0362. The molecule has 0 aromatic heterocycles. The fraction of sp³-hybridized carbons (Fsp3) is 0.532. The van der Waals surface area contributed by atoms with E-state index in [1.807, 2.05) is 0 Å². The van der Waals surface area contributed by atoms with Gasteiger partial charge in [-0.2, -0.15) is 0 Å². The lowest BCUT2D eigenvalue weighted by Gasteiger charge is -2.28. The highest BCUT2D eigenvalue weighted by molar-refractivity contribution is 5.99. The van der Waals surface area contributed by atoms with E-state index in [0.717, 1.165) is 0 Å². The number of unbranched alkanes of at least 4 members (excludes halogenated alkanes) is 1. The molecule has 0 heterocycles. The van der Waals surface area contributed by atoms with Gasteiger partial charge in [-0.3, -0.25) is 43.2 Å². The number of aldehydes is 1. The summed E-state index contributed by atoms with van der Waals surface area (Å²) in [7, 11) is 0. The van der Waals surface area contributed by atoms with Crippen molar-refractivity contribution in [3.63, 3.8) is 0 Å². The Balaban J connectivity index is 2.33. The summed E-state index contributed by atoms with van der Waals surface area (Å²) in [6.07, 6.45) is 0.235. The molecule has 0 aliphatic rings. The number of carbonyl (C=O) groups excluding carboxylic acids is 9. The number of amides is 8. The maximum Gasteiger partial charge on any atom is 0.303 e. The van der Waals surface area contributed by atoms with Crippen LogP contribution in [0.15, 0.2) is 54.6 Å². The molecule has 0 bridgehead atoms. The van der Waals surface area contributed by atoms with Gasteiger partial charge in [0, 0.05) is 18.4 Å². The van der Waals surface area contributed by atoms with Crippen molar-refractivity contribution in [3.05, 3.63) is 65.7 Å². The third kappa shape index (κ3) is 21.2. The minimum Gasteiger partial charge on any atom is -0.508 e. The first kappa shape index (κ1) is 57.2. The number of carboxylic acid groups (broad SMARTS) is 1. The van der Waals surface area contributed by atoms with Crippen LogP contribution in [0.25, 0.3) is 0 Å². The topological polar surface area (TPSA) is 333 Å². The van der Waals surface area contributed by atoms with Gasteiger partial charge in [0.25, 0.3) is 5.91 Å². The Morgan fingerprint density at radius 1 is 0.603 bits per heavy atom. The molecule has 2 aromatic carbocycles. The Bertz CT molecular complexity index is 2010. The third-order valence-electron chi connectivity index (χ3n) is 10.5. The number of aromatic hydroxyl groups is 1. The maximum absolute atomic E-state index is 14.1. The molecule has 6 atom stereocenters. The van der Waals surface area contributed by atoms with E-state index < -0.39 is 121 Å². The van der Waals surface area contributed by atoms with Gasteiger partial charge in [-0.15, -0.1) is 0 Å². The maximum atomic E-state index is 14.1. The van der Waals surface area contributed by atoms with Gasteiger partial charge < -0.3 is 63.3 Å². The van der Waals surface area contributed by atoms with E-state index in [9.17, 15) is 58.2 Å². The molecule has 0 aliphatic heterocycles. The molecule has 0 fully saturated rings. The minimum absolute atomic E-state index is 0.0134. The first-order chi connectivity index (χ1) is 32.1. The highest BCUT2D eigenvalue weighted by Crippen LogP contribution is 2.14. The number of carbonyl (C=O) groups is 10. The van der Waals surface area contributed by atoms with Crippen LogP contribution in [0, 0.1) is 17.8 Å². The first-order valence-corrected chi connectivity index (χ1v) is 22.7. The van der Waals surface area contributed by atoms with Crippen LogP contribution in [0.4, 0.5) is 0 Å². The monoisotopic (exact) mass is 952 g/mol. The van der Waals surface area contributed by atoms with Crippen molar-refractivity contribution in [2.45, 2.75) is 123 Å². The van der Waals surface area contributed by atoms with E-state index in [-0.39, 0.29) is 43.4 Å². The van der Waals surface area contributed by atoms with Gasteiger partial charge in [0.15, 0.2) is 0 Å². The number of phenols is 1. The molecule has 21 heteroatoms. The lowest BCUT2D eigenvalue weighted by molar-refractivity contribution is -0.138. The molecular weight excluding hydrogens is 883 g/mol. The summed E-state index contributed by atoms with van der Waals surface area (Å²) >= 11 is 0. The highest BCUT2D eigenvalue weighted by atomic mass is 16.4. The smallest absolute Gasteiger partial charge is 0.303 e. The average Bonchev–Trinajstić information content (AvgIpc) is 3.29. The van der Waals surface area contributed by atoms with Crippen molar-refractivity contribution in [2.24, 2.45) is 23.5 Å². The Kier molecular flexibility index (Phi) is 25.0. The van der Waals surface area contributed by atoms with Gasteiger partial charge in [-0.25, -0.2) is 0 Å². The van der Waals surface area contributed by atoms with E-state index in [2.05, 4.69) is 42.5 Å². The molecule has 2 rings (SSSR count). The first-order valence-electron chi connectivity index (χ1n) is 22.7. The Labute approximate surface area is 396 Å². The molecule has 12 N–H and O–H groups in total. The number of rotatable bonds is 30. The number of aliphatic carboxylic acids is 1. The normalized spacial score (nSPS) is 13.7. The third-order valence-corrected chi connectivity index (χ3v) is 10.5. The van der Waals surface area contributed by atoms with Crippen LogP contribution in [0.1, 0.15) is 96.0 Å². The zero-order valence-corrected chi connectivity index (χ0v) is 39.6. The SMILES string of the molecule is CC(C)C[C@H](NC(=O)[C@@H](NC(=O)CNC(=O)c1ccccc1)C(C)C)C(=O)N[C@@H](CCCCN)C(=O)N[C@@H](CCC(=O)O)C(=O)N[C@@H](Cc1ccc(O)cc1)C(=O)NCC(=O)N[C@H](C=O)C(C)C. The molecule has 2 aromatic rings. The second-order valence-electron chi connectivity index (χ2n) is 17.5. The Hall–Kier alpha value is -6.90. The second-order valence-corrected chi connectivity index (χ2v) is 17.5. The fourth-order valence-corrected chi connectivity index (χ4v) is 6.65. The second kappa shape index (κ2) is 29.7. The van der Waals surface area contributed by atoms with Gasteiger partial charge in [-0.1, -0.05) is 71.9 Å². The van der Waals surface area contributed by atoms with Gasteiger partial charge >= 0.3 is 5.97 Å². The average molecular weight is 952 g/mol. The predicted molar refractivity (Wildman–Crippen MR) is 250 cm³/mol. The number of nitrogens with one attached hydrogen (secondary N) is 8. The summed E-state index contributed by atoms with van der Waals surface area (Å²) in [6.45, 7) is 9.65. The van der Waals surface area contributed by atoms with Crippen molar-refractivity contribution < 1.29 is 58.2 Å². The molecule has 8 amide bonds. The van der Waals surface area contributed by atoms with E-state index in [1.54, 1.807) is 71.9 Å². The predicted octanol–water partition coefficient (Wildman–Crippen LogP) is -0.0595. The highest BCUT2D eigenvalue weighted by Gasteiger charge is 2.34. The van der Waals surface area contributed by atoms with E-state index in [1.165, 1.54) is 24.3 Å². The summed E-state index contributed by atoms with van der Waals surface area (Å²) in [5.41, 5.74) is 6.53. The number of nitrogens with two attached hydrogens (primary N) is 1. The molecule has 0 saturated carbocycles. The summed E-state index contributed by atoms with van der Waals surface area (Å²) in [5.74, 6) is -8.22. The van der Waals surface area contributed by atoms with E-state index >= 15 is 0 Å². The summed E-state index contributed by atoms with van der Waals surface area (Å²) < 4.78 is 0.